The Bertz CT molecular complexity index is 819. The van der Waals surface area contributed by atoms with Crippen LogP contribution in [0.25, 0.3) is 0 Å². The molecule has 0 amide bonds. The van der Waals surface area contributed by atoms with E-state index in [0.29, 0.717) is 0 Å². The minimum atomic E-state index is -0.0209. The van der Waals surface area contributed by atoms with Gasteiger partial charge in [-0.2, -0.15) is 0 Å². The van der Waals surface area contributed by atoms with Crippen LogP contribution < -0.4 is 0 Å². The molecule has 25 heavy (non-hydrogen) atoms. The maximum Gasteiger partial charge on any atom is 0.0670 e. The summed E-state index contributed by atoms with van der Waals surface area (Å²) in [6.07, 6.45) is 10.7. The largest absolute Gasteiger partial charge is 0.291 e. The van der Waals surface area contributed by atoms with Crippen molar-refractivity contribution in [2.24, 2.45) is 4.99 Å². The molecule has 1 unspecified atom stereocenters. The molecule has 0 N–H and O–H groups in total. The van der Waals surface area contributed by atoms with E-state index in [1.54, 1.807) is 0 Å². The number of hydrogen-bond donors (Lipinski definition) is 0. The first kappa shape index (κ1) is 16.0. The molecule has 0 bridgehead atoms. The molecule has 2 aliphatic heterocycles. The summed E-state index contributed by atoms with van der Waals surface area (Å²) in [4.78, 5) is 7.24. The smallest absolute Gasteiger partial charge is 0.0670 e. The Morgan fingerprint density at radius 1 is 1.08 bits per heavy atom. The number of allylic oxidation sites excluding steroid dienone is 2. The molecule has 0 saturated carbocycles. The maximum atomic E-state index is 4.74. The lowest BCUT2D eigenvalue weighted by Crippen LogP contribution is -2.27. The minimum Gasteiger partial charge on any atom is -0.291 e. The first-order valence-corrected chi connectivity index (χ1v) is 9.00. The second-order valence-electron chi connectivity index (χ2n) is 7.05. The molecule has 2 heteroatoms. The highest BCUT2D eigenvalue weighted by Crippen LogP contribution is 2.45. The molecule has 0 fully saturated rings. The number of rotatable bonds is 4. The van der Waals surface area contributed by atoms with Crippen molar-refractivity contribution < 1.29 is 0 Å². The lowest BCUT2D eigenvalue weighted by atomic mass is 9.74. The van der Waals surface area contributed by atoms with Crippen molar-refractivity contribution in [1.82, 2.24) is 4.90 Å². The van der Waals surface area contributed by atoms with Crippen LogP contribution in [0.5, 0.6) is 0 Å². The zero-order valence-electron chi connectivity index (χ0n) is 14.6. The Morgan fingerprint density at radius 3 is 2.80 bits per heavy atom. The standard InChI is InChI=1S/C23H24N2/c1-2-13-23-14-6-7-15-25(16-19-9-4-3-5-10-19)17-20-11-8-12-21(22(20)23)24-18-23/h2-12,18H,1,13-17H2/b7-6-. The fourth-order valence-corrected chi connectivity index (χ4v) is 4.09. The Morgan fingerprint density at radius 2 is 1.96 bits per heavy atom. The van der Waals surface area contributed by atoms with Gasteiger partial charge in [0.1, 0.15) is 0 Å². The molecule has 2 aromatic carbocycles. The minimum absolute atomic E-state index is 0.0209. The SMILES string of the molecule is C=CCC12C=Nc3cccc(c31)CN(Cc1ccccc1)C/C=C\C2. The molecular weight excluding hydrogens is 304 g/mol. The van der Waals surface area contributed by atoms with Gasteiger partial charge in [-0.05, 0) is 35.6 Å². The molecule has 2 heterocycles. The average molecular weight is 328 g/mol. The van der Waals surface area contributed by atoms with Crippen LogP contribution in [0.15, 0.2) is 78.3 Å². The lowest BCUT2D eigenvalue weighted by Gasteiger charge is -2.28. The Balaban J connectivity index is 1.71. The topological polar surface area (TPSA) is 15.6 Å². The highest BCUT2D eigenvalue weighted by Gasteiger charge is 2.36. The van der Waals surface area contributed by atoms with Crippen molar-refractivity contribution in [2.75, 3.05) is 6.54 Å². The zero-order valence-corrected chi connectivity index (χ0v) is 14.6. The quantitative estimate of drug-likeness (QED) is 0.706. The van der Waals surface area contributed by atoms with Crippen molar-refractivity contribution >= 4 is 11.9 Å². The molecule has 126 valence electrons. The summed E-state index contributed by atoms with van der Waals surface area (Å²) in [5.74, 6) is 0. The Hall–Kier alpha value is -2.45. The first-order chi connectivity index (χ1) is 12.3. The van der Waals surface area contributed by atoms with Crippen LogP contribution in [-0.2, 0) is 18.5 Å². The summed E-state index contributed by atoms with van der Waals surface area (Å²) in [6.45, 7) is 6.88. The van der Waals surface area contributed by atoms with Gasteiger partial charge >= 0.3 is 0 Å². The van der Waals surface area contributed by atoms with E-state index in [4.69, 9.17) is 4.99 Å². The number of hydrogen-bond acceptors (Lipinski definition) is 2. The van der Waals surface area contributed by atoms with Crippen molar-refractivity contribution in [1.29, 1.82) is 0 Å². The van der Waals surface area contributed by atoms with E-state index in [-0.39, 0.29) is 5.41 Å². The molecule has 2 nitrogen and oxygen atoms in total. The predicted octanol–water partition coefficient (Wildman–Crippen LogP) is 5.18. The molecule has 0 aromatic heterocycles. The van der Waals surface area contributed by atoms with Crippen LogP contribution in [0, 0.1) is 0 Å². The highest BCUT2D eigenvalue weighted by atomic mass is 15.1. The molecule has 0 radical (unpaired) electrons. The van der Waals surface area contributed by atoms with Gasteiger partial charge in [0.25, 0.3) is 0 Å². The molecule has 4 rings (SSSR count). The molecule has 1 atom stereocenters. The summed E-state index contributed by atoms with van der Waals surface area (Å²) in [6, 6.07) is 17.3. The van der Waals surface area contributed by atoms with E-state index in [9.17, 15) is 0 Å². The fourth-order valence-electron chi connectivity index (χ4n) is 4.09. The van der Waals surface area contributed by atoms with Gasteiger partial charge in [0.15, 0.2) is 0 Å². The van der Waals surface area contributed by atoms with Gasteiger partial charge < -0.3 is 0 Å². The Kier molecular flexibility index (Phi) is 4.37. The summed E-state index contributed by atoms with van der Waals surface area (Å²) in [5, 5.41) is 0. The molecule has 0 spiro atoms. The van der Waals surface area contributed by atoms with Crippen LogP contribution in [0.3, 0.4) is 0 Å². The summed E-state index contributed by atoms with van der Waals surface area (Å²) < 4.78 is 0. The van der Waals surface area contributed by atoms with E-state index in [1.165, 1.54) is 16.7 Å². The summed E-state index contributed by atoms with van der Waals surface area (Å²) in [5.41, 5.74) is 5.27. The predicted molar refractivity (Wildman–Crippen MR) is 105 cm³/mol. The van der Waals surface area contributed by atoms with E-state index < -0.39 is 0 Å². The number of benzene rings is 2. The summed E-state index contributed by atoms with van der Waals surface area (Å²) in [7, 11) is 0. The molecule has 2 aromatic rings. The third-order valence-corrected chi connectivity index (χ3v) is 5.24. The number of nitrogens with zero attached hydrogens (tertiary/aromatic N) is 2. The van der Waals surface area contributed by atoms with Crippen molar-refractivity contribution in [3.63, 3.8) is 0 Å². The van der Waals surface area contributed by atoms with Gasteiger partial charge in [0.05, 0.1) is 5.69 Å². The highest BCUT2D eigenvalue weighted by molar-refractivity contribution is 5.86. The van der Waals surface area contributed by atoms with E-state index in [1.807, 2.05) is 6.08 Å². The molecular formula is C23H24N2. The number of aliphatic imine (C=N–C) groups is 1. The van der Waals surface area contributed by atoms with Crippen LogP contribution >= 0.6 is 0 Å². The summed E-state index contributed by atoms with van der Waals surface area (Å²) >= 11 is 0. The first-order valence-electron chi connectivity index (χ1n) is 9.00. The third-order valence-electron chi connectivity index (χ3n) is 5.24. The van der Waals surface area contributed by atoms with Gasteiger partial charge in [-0.1, -0.05) is 60.7 Å². The third kappa shape index (κ3) is 3.10. The van der Waals surface area contributed by atoms with Gasteiger partial charge in [-0.3, -0.25) is 9.89 Å². The van der Waals surface area contributed by atoms with Crippen molar-refractivity contribution in [3.05, 3.63) is 90.0 Å². The maximum absolute atomic E-state index is 4.74. The van der Waals surface area contributed by atoms with Gasteiger partial charge in [0, 0.05) is 31.3 Å². The molecule has 0 aliphatic carbocycles. The Labute approximate surface area is 150 Å². The van der Waals surface area contributed by atoms with Gasteiger partial charge in [-0.25, -0.2) is 0 Å². The van der Waals surface area contributed by atoms with E-state index >= 15 is 0 Å². The lowest BCUT2D eigenvalue weighted by molar-refractivity contribution is 0.285. The fraction of sp³-hybridized carbons (Fsp3) is 0.261. The average Bonchev–Trinajstić information content (AvgIpc) is 3.02. The molecule has 2 aliphatic rings. The van der Waals surface area contributed by atoms with Crippen molar-refractivity contribution in [3.8, 4) is 0 Å². The zero-order chi connectivity index (χ0) is 17.1. The second kappa shape index (κ2) is 6.81. The van der Waals surface area contributed by atoms with Crippen LogP contribution in [0.2, 0.25) is 0 Å². The van der Waals surface area contributed by atoms with Crippen LogP contribution in [0.1, 0.15) is 29.5 Å². The van der Waals surface area contributed by atoms with Crippen LogP contribution in [0.4, 0.5) is 5.69 Å². The van der Waals surface area contributed by atoms with Gasteiger partial charge in [-0.15, -0.1) is 6.58 Å². The monoisotopic (exact) mass is 328 g/mol. The van der Waals surface area contributed by atoms with Crippen LogP contribution in [-0.4, -0.2) is 17.7 Å². The second-order valence-corrected chi connectivity index (χ2v) is 7.05. The van der Waals surface area contributed by atoms with Gasteiger partial charge in [0.2, 0.25) is 0 Å². The normalized spacial score (nSPS) is 23.4. The van der Waals surface area contributed by atoms with Crippen molar-refractivity contribution in [2.45, 2.75) is 31.3 Å². The molecule has 0 saturated heterocycles. The van der Waals surface area contributed by atoms with E-state index in [2.05, 4.69) is 78.4 Å². The van der Waals surface area contributed by atoms with E-state index in [0.717, 1.165) is 38.2 Å².